The topological polar surface area (TPSA) is 37.8 Å². The van der Waals surface area contributed by atoms with Gasteiger partial charge in [-0.15, -0.1) is 0 Å². The first-order valence-electron chi connectivity index (χ1n) is 4.13. The fourth-order valence-corrected chi connectivity index (χ4v) is 1.30. The first-order chi connectivity index (χ1) is 5.97. The summed E-state index contributed by atoms with van der Waals surface area (Å²) in [6, 6.07) is 0. The van der Waals surface area contributed by atoms with Crippen LogP contribution in [0.5, 0.6) is 0 Å². The normalized spacial score (nSPS) is 17.2. The molecule has 0 aromatic carbocycles. The van der Waals surface area contributed by atoms with Gasteiger partial charge in [0.25, 0.3) is 0 Å². The minimum atomic E-state index is 0.915. The highest BCUT2D eigenvalue weighted by Crippen LogP contribution is 2.12. The molecule has 2 rings (SSSR count). The van der Waals surface area contributed by atoms with Crippen molar-refractivity contribution in [3.05, 3.63) is 30.4 Å². The van der Waals surface area contributed by atoms with Crippen LogP contribution in [-0.4, -0.2) is 23.1 Å². The minimum Gasteiger partial charge on any atom is -0.312 e. The lowest BCUT2D eigenvalue weighted by Gasteiger charge is -2.12. The maximum atomic E-state index is 4.23. The van der Waals surface area contributed by atoms with Crippen molar-refractivity contribution in [3.8, 4) is 0 Å². The van der Waals surface area contributed by atoms with Crippen LogP contribution in [0.2, 0.25) is 0 Å². The van der Waals surface area contributed by atoms with Crippen molar-refractivity contribution < 1.29 is 0 Å². The Balaban J connectivity index is 2.24. The Morgan fingerprint density at radius 3 is 3.00 bits per heavy atom. The van der Waals surface area contributed by atoms with Gasteiger partial charge in [-0.1, -0.05) is 6.08 Å². The molecule has 1 aliphatic rings. The number of hydrogen-bond donors (Lipinski definition) is 1. The van der Waals surface area contributed by atoms with E-state index in [1.807, 2.05) is 0 Å². The lowest BCUT2D eigenvalue weighted by Crippen LogP contribution is -2.21. The Labute approximate surface area is 71.5 Å². The zero-order chi connectivity index (χ0) is 8.23. The van der Waals surface area contributed by atoms with E-state index >= 15 is 0 Å². The molecule has 3 heteroatoms. The molecule has 62 valence electrons. The second kappa shape index (κ2) is 3.45. The molecule has 0 unspecified atom stereocenters. The van der Waals surface area contributed by atoms with Crippen LogP contribution in [0.1, 0.15) is 12.1 Å². The third-order valence-electron chi connectivity index (χ3n) is 1.92. The molecule has 1 aromatic rings. The molecule has 0 aliphatic carbocycles. The van der Waals surface area contributed by atoms with Crippen LogP contribution < -0.4 is 5.32 Å². The van der Waals surface area contributed by atoms with Crippen LogP contribution in [0.4, 0.5) is 0 Å². The summed E-state index contributed by atoms with van der Waals surface area (Å²) in [6.07, 6.45) is 8.54. The van der Waals surface area contributed by atoms with Gasteiger partial charge in [-0.25, -0.2) is 0 Å². The van der Waals surface area contributed by atoms with Gasteiger partial charge in [0.1, 0.15) is 0 Å². The van der Waals surface area contributed by atoms with Crippen molar-refractivity contribution in [2.24, 2.45) is 0 Å². The summed E-state index contributed by atoms with van der Waals surface area (Å²) >= 11 is 0. The van der Waals surface area contributed by atoms with E-state index in [-0.39, 0.29) is 0 Å². The second-order valence-corrected chi connectivity index (χ2v) is 2.79. The smallest absolute Gasteiger partial charge is 0.0854 e. The molecule has 0 saturated carbocycles. The lowest BCUT2D eigenvalue weighted by molar-refractivity contribution is 0.737. The molecular formula is C9H11N3. The van der Waals surface area contributed by atoms with Crippen LogP contribution in [0.15, 0.2) is 24.7 Å². The Kier molecular flexibility index (Phi) is 2.14. The van der Waals surface area contributed by atoms with E-state index in [9.17, 15) is 0 Å². The molecule has 3 nitrogen and oxygen atoms in total. The summed E-state index contributed by atoms with van der Waals surface area (Å²) in [6.45, 7) is 1.99. The summed E-state index contributed by atoms with van der Waals surface area (Å²) in [7, 11) is 0. The molecule has 1 N–H and O–H groups in total. The highest BCUT2D eigenvalue weighted by atomic mass is 14.9. The number of nitrogens with one attached hydrogen (secondary N) is 1. The van der Waals surface area contributed by atoms with Crippen molar-refractivity contribution in [3.63, 3.8) is 0 Å². The van der Waals surface area contributed by atoms with Crippen molar-refractivity contribution in [1.82, 2.24) is 15.3 Å². The molecule has 0 fully saturated rings. The predicted molar refractivity (Wildman–Crippen MR) is 47.5 cm³/mol. The van der Waals surface area contributed by atoms with E-state index in [4.69, 9.17) is 0 Å². The molecular weight excluding hydrogens is 150 g/mol. The van der Waals surface area contributed by atoms with E-state index in [1.54, 1.807) is 18.6 Å². The molecule has 1 aliphatic heterocycles. The molecule has 0 radical (unpaired) electrons. The van der Waals surface area contributed by atoms with Gasteiger partial charge in [0, 0.05) is 18.9 Å². The average molecular weight is 161 g/mol. The Morgan fingerprint density at radius 1 is 1.33 bits per heavy atom. The summed E-state index contributed by atoms with van der Waals surface area (Å²) in [5, 5.41) is 3.30. The lowest BCUT2D eigenvalue weighted by atomic mass is 10.1. The van der Waals surface area contributed by atoms with Crippen molar-refractivity contribution in [2.75, 3.05) is 13.1 Å². The predicted octanol–water partition coefficient (Wildman–Crippen LogP) is 0.853. The van der Waals surface area contributed by atoms with Crippen LogP contribution in [-0.2, 0) is 0 Å². The van der Waals surface area contributed by atoms with Gasteiger partial charge < -0.3 is 5.32 Å². The fraction of sp³-hybridized carbons (Fsp3) is 0.333. The summed E-state index contributed by atoms with van der Waals surface area (Å²) in [5.74, 6) is 0. The summed E-state index contributed by atoms with van der Waals surface area (Å²) in [4.78, 5) is 8.26. The maximum Gasteiger partial charge on any atom is 0.0854 e. The first kappa shape index (κ1) is 7.43. The monoisotopic (exact) mass is 161 g/mol. The molecule has 0 saturated heterocycles. The number of nitrogens with zero attached hydrogens (tertiary/aromatic N) is 2. The zero-order valence-electron chi connectivity index (χ0n) is 6.83. The standard InChI is InChI=1S/C9H11N3/c1-2-8(6-10-3-1)9-7-11-4-5-12-9/h2,4-5,7,10H,1,3,6H2. The number of rotatable bonds is 1. The van der Waals surface area contributed by atoms with E-state index in [2.05, 4.69) is 21.4 Å². The highest BCUT2D eigenvalue weighted by Gasteiger charge is 2.05. The molecule has 0 amide bonds. The third kappa shape index (κ3) is 1.51. The Morgan fingerprint density at radius 2 is 2.33 bits per heavy atom. The Bertz CT molecular complexity index is 279. The van der Waals surface area contributed by atoms with Crippen LogP contribution >= 0.6 is 0 Å². The highest BCUT2D eigenvalue weighted by molar-refractivity contribution is 5.63. The van der Waals surface area contributed by atoms with Crippen molar-refractivity contribution >= 4 is 5.57 Å². The third-order valence-corrected chi connectivity index (χ3v) is 1.92. The minimum absolute atomic E-state index is 0.915. The van der Waals surface area contributed by atoms with Gasteiger partial charge in [-0.05, 0) is 18.5 Å². The number of hydrogen-bond acceptors (Lipinski definition) is 3. The maximum absolute atomic E-state index is 4.23. The van der Waals surface area contributed by atoms with Gasteiger partial charge in [0.05, 0.1) is 11.9 Å². The van der Waals surface area contributed by atoms with Crippen molar-refractivity contribution in [2.45, 2.75) is 6.42 Å². The van der Waals surface area contributed by atoms with E-state index < -0.39 is 0 Å². The molecule has 12 heavy (non-hydrogen) atoms. The van der Waals surface area contributed by atoms with E-state index in [0.29, 0.717) is 0 Å². The average Bonchev–Trinajstić information content (AvgIpc) is 2.21. The molecule has 0 bridgehead atoms. The van der Waals surface area contributed by atoms with Gasteiger partial charge in [-0.3, -0.25) is 9.97 Å². The number of aromatic nitrogens is 2. The quantitative estimate of drug-likeness (QED) is 0.663. The van der Waals surface area contributed by atoms with Gasteiger partial charge in [0.15, 0.2) is 0 Å². The fourth-order valence-electron chi connectivity index (χ4n) is 1.30. The molecule has 0 atom stereocenters. The zero-order valence-corrected chi connectivity index (χ0v) is 6.83. The van der Waals surface area contributed by atoms with E-state index in [0.717, 1.165) is 25.2 Å². The van der Waals surface area contributed by atoms with Gasteiger partial charge in [-0.2, -0.15) is 0 Å². The van der Waals surface area contributed by atoms with Crippen LogP contribution in [0.3, 0.4) is 0 Å². The Hall–Kier alpha value is -1.22. The molecule has 0 spiro atoms. The largest absolute Gasteiger partial charge is 0.312 e. The summed E-state index contributed by atoms with van der Waals surface area (Å²) < 4.78 is 0. The second-order valence-electron chi connectivity index (χ2n) is 2.79. The van der Waals surface area contributed by atoms with Gasteiger partial charge >= 0.3 is 0 Å². The SMILES string of the molecule is C1=C(c2cnccn2)CNCC1. The molecule has 1 aromatic heterocycles. The van der Waals surface area contributed by atoms with E-state index in [1.165, 1.54) is 5.57 Å². The van der Waals surface area contributed by atoms with Crippen LogP contribution in [0.25, 0.3) is 5.57 Å². The summed E-state index contributed by atoms with van der Waals surface area (Å²) in [5.41, 5.74) is 2.25. The van der Waals surface area contributed by atoms with Crippen LogP contribution in [0, 0.1) is 0 Å². The first-order valence-corrected chi connectivity index (χ1v) is 4.13. The van der Waals surface area contributed by atoms with Gasteiger partial charge in [0.2, 0.25) is 0 Å². The van der Waals surface area contributed by atoms with Crippen molar-refractivity contribution in [1.29, 1.82) is 0 Å². The molecule has 2 heterocycles.